The van der Waals surface area contributed by atoms with Crippen molar-refractivity contribution in [2.45, 2.75) is 19.0 Å². The number of carboxylic acids is 1. The molecule has 0 aromatic rings. The van der Waals surface area contributed by atoms with Gasteiger partial charge in [0.1, 0.15) is 0 Å². The first-order chi connectivity index (χ1) is 6.39. The van der Waals surface area contributed by atoms with Crippen molar-refractivity contribution in [3.05, 3.63) is 0 Å². The Morgan fingerprint density at radius 3 is 1.64 bits per heavy atom. The van der Waals surface area contributed by atoms with Gasteiger partial charge in [-0.15, -0.1) is 0 Å². The van der Waals surface area contributed by atoms with E-state index >= 15 is 0 Å². The molecule has 1 aliphatic carbocycles. The molecule has 0 aromatic carbocycles. The third-order valence-corrected chi connectivity index (χ3v) is 2.44. The van der Waals surface area contributed by atoms with E-state index in [4.69, 9.17) is 9.90 Å². The third kappa shape index (κ3) is 3.17. The summed E-state index contributed by atoms with van der Waals surface area (Å²) in [6.07, 6.45) is -2.04. The fraction of sp³-hybridized carbons (Fsp3) is 0.875. The molecule has 3 aliphatic rings. The zero-order chi connectivity index (χ0) is 10.8. The average Bonchev–Trinajstić information content (AvgIpc) is 2.03. The van der Waals surface area contributed by atoms with Crippen molar-refractivity contribution < 1.29 is 23.1 Å². The molecule has 1 saturated carbocycles. The van der Waals surface area contributed by atoms with Crippen molar-refractivity contribution in [3.63, 3.8) is 0 Å². The van der Waals surface area contributed by atoms with E-state index in [1.807, 2.05) is 0 Å². The van der Waals surface area contributed by atoms with Crippen molar-refractivity contribution in [2.24, 2.45) is 11.8 Å². The third-order valence-electron chi connectivity index (χ3n) is 2.44. The molecule has 0 radical (unpaired) electrons. The minimum atomic E-state index is -5.08. The van der Waals surface area contributed by atoms with Gasteiger partial charge in [0, 0.05) is 0 Å². The number of fused-ring (bicyclic) bond motifs is 2. The van der Waals surface area contributed by atoms with Crippen LogP contribution < -0.4 is 5.32 Å². The second kappa shape index (κ2) is 4.16. The predicted molar refractivity (Wildman–Crippen MR) is 42.8 cm³/mol. The Morgan fingerprint density at radius 1 is 1.21 bits per heavy atom. The van der Waals surface area contributed by atoms with Crippen molar-refractivity contribution >= 4 is 5.97 Å². The standard InChI is InChI=1S/C6H11N.C2HF3O2/c1-5-2-6(1)4-7-3-5;3-2(4,5)1(6)7/h5-7H,1-4H2;(H,6,7). The Bertz CT molecular complexity index is 198. The van der Waals surface area contributed by atoms with E-state index in [-0.39, 0.29) is 0 Å². The van der Waals surface area contributed by atoms with Gasteiger partial charge in [-0.25, -0.2) is 4.79 Å². The lowest BCUT2D eigenvalue weighted by Crippen LogP contribution is -2.45. The summed E-state index contributed by atoms with van der Waals surface area (Å²) in [5.41, 5.74) is 0. The number of hydrogen-bond acceptors (Lipinski definition) is 2. The molecule has 0 atom stereocenters. The van der Waals surface area contributed by atoms with Crippen molar-refractivity contribution in [2.75, 3.05) is 13.1 Å². The van der Waals surface area contributed by atoms with Gasteiger partial charge in [0.2, 0.25) is 0 Å². The molecule has 0 spiro atoms. The number of rotatable bonds is 0. The maximum absolute atomic E-state index is 10.6. The first-order valence-corrected chi connectivity index (χ1v) is 4.40. The maximum atomic E-state index is 10.6. The van der Waals surface area contributed by atoms with Crippen LogP contribution >= 0.6 is 0 Å². The number of carbonyl (C=O) groups is 1. The SMILES string of the molecule is C1NCC2CC1C2.O=C(O)C(F)(F)F. The summed E-state index contributed by atoms with van der Waals surface area (Å²) in [7, 11) is 0. The van der Waals surface area contributed by atoms with Crippen LogP contribution in [0.5, 0.6) is 0 Å². The minimum absolute atomic E-state index is 1.07. The first kappa shape index (κ1) is 11.3. The molecule has 3 nitrogen and oxygen atoms in total. The smallest absolute Gasteiger partial charge is 0.475 e. The van der Waals surface area contributed by atoms with Gasteiger partial charge < -0.3 is 10.4 Å². The molecular weight excluding hydrogens is 199 g/mol. The zero-order valence-corrected chi connectivity index (χ0v) is 7.47. The van der Waals surface area contributed by atoms with E-state index in [1.54, 1.807) is 0 Å². The number of piperidine rings is 2. The van der Waals surface area contributed by atoms with Gasteiger partial charge >= 0.3 is 12.1 Å². The summed E-state index contributed by atoms with van der Waals surface area (Å²) in [4.78, 5) is 8.90. The number of nitrogens with one attached hydrogen (secondary N) is 1. The van der Waals surface area contributed by atoms with Crippen LogP contribution in [-0.4, -0.2) is 30.3 Å². The molecule has 2 aliphatic heterocycles. The lowest BCUT2D eigenvalue weighted by Gasteiger charge is -2.41. The first-order valence-electron chi connectivity index (χ1n) is 4.40. The molecule has 3 fully saturated rings. The van der Waals surface area contributed by atoms with E-state index < -0.39 is 12.1 Å². The van der Waals surface area contributed by atoms with Gasteiger partial charge in [0.05, 0.1) is 0 Å². The molecule has 2 bridgehead atoms. The van der Waals surface area contributed by atoms with E-state index in [1.165, 1.54) is 25.9 Å². The van der Waals surface area contributed by atoms with Gasteiger partial charge in [-0.05, 0) is 37.8 Å². The van der Waals surface area contributed by atoms with Gasteiger partial charge in [-0.3, -0.25) is 0 Å². The molecule has 2 saturated heterocycles. The molecule has 3 rings (SSSR count). The average molecular weight is 211 g/mol. The maximum Gasteiger partial charge on any atom is 0.490 e. The monoisotopic (exact) mass is 211 g/mol. The highest BCUT2D eigenvalue weighted by Crippen LogP contribution is 2.35. The second-order valence-corrected chi connectivity index (χ2v) is 3.66. The fourth-order valence-electron chi connectivity index (χ4n) is 1.70. The van der Waals surface area contributed by atoms with Crippen molar-refractivity contribution in [1.29, 1.82) is 0 Å². The van der Waals surface area contributed by atoms with Crippen molar-refractivity contribution in [1.82, 2.24) is 5.32 Å². The van der Waals surface area contributed by atoms with Crippen LogP contribution in [0.4, 0.5) is 13.2 Å². The Hall–Kier alpha value is -0.780. The van der Waals surface area contributed by atoms with Gasteiger partial charge in [0.25, 0.3) is 0 Å². The molecule has 6 heteroatoms. The van der Waals surface area contributed by atoms with Gasteiger partial charge in [-0.2, -0.15) is 13.2 Å². The minimum Gasteiger partial charge on any atom is -0.475 e. The summed E-state index contributed by atoms with van der Waals surface area (Å²) in [5, 5.41) is 10.5. The number of carboxylic acid groups (broad SMARTS) is 1. The molecule has 0 amide bonds. The Morgan fingerprint density at radius 2 is 1.57 bits per heavy atom. The quantitative estimate of drug-likeness (QED) is 0.634. The Balaban J connectivity index is 0.000000140. The normalized spacial score (nSPS) is 29.6. The van der Waals surface area contributed by atoms with E-state index in [0.29, 0.717) is 0 Å². The number of alkyl halides is 3. The van der Waals surface area contributed by atoms with Crippen LogP contribution in [0, 0.1) is 11.8 Å². The molecule has 0 unspecified atom stereocenters. The number of halogens is 3. The van der Waals surface area contributed by atoms with Gasteiger partial charge in [-0.1, -0.05) is 0 Å². The van der Waals surface area contributed by atoms with E-state index in [9.17, 15) is 13.2 Å². The topological polar surface area (TPSA) is 49.3 Å². The summed E-state index contributed by atoms with van der Waals surface area (Å²) >= 11 is 0. The molecule has 2 heterocycles. The summed E-state index contributed by atoms with van der Waals surface area (Å²) < 4.78 is 31.7. The number of hydrogen-bond donors (Lipinski definition) is 2. The fourth-order valence-corrected chi connectivity index (χ4v) is 1.70. The highest BCUT2D eigenvalue weighted by atomic mass is 19.4. The van der Waals surface area contributed by atoms with Crippen LogP contribution in [0.2, 0.25) is 0 Å². The van der Waals surface area contributed by atoms with E-state index in [0.717, 1.165) is 11.8 Å². The van der Waals surface area contributed by atoms with Crippen LogP contribution in [-0.2, 0) is 4.79 Å². The summed E-state index contributed by atoms with van der Waals surface area (Å²) in [5.74, 6) is -0.620. The molecule has 82 valence electrons. The summed E-state index contributed by atoms with van der Waals surface area (Å²) in [6.45, 7) is 2.60. The molecule has 14 heavy (non-hydrogen) atoms. The largest absolute Gasteiger partial charge is 0.490 e. The lowest BCUT2D eigenvalue weighted by atomic mass is 9.72. The molecular formula is C8H12F3NO2. The highest BCUT2D eigenvalue weighted by molar-refractivity contribution is 5.73. The zero-order valence-electron chi connectivity index (χ0n) is 7.47. The van der Waals surface area contributed by atoms with Gasteiger partial charge in [0.15, 0.2) is 0 Å². The molecule has 0 aromatic heterocycles. The van der Waals surface area contributed by atoms with Crippen molar-refractivity contribution in [3.8, 4) is 0 Å². The summed E-state index contributed by atoms with van der Waals surface area (Å²) in [6, 6.07) is 0. The number of aliphatic carboxylic acids is 1. The van der Waals surface area contributed by atoms with Crippen LogP contribution in [0.1, 0.15) is 12.8 Å². The second-order valence-electron chi connectivity index (χ2n) is 3.66. The van der Waals surface area contributed by atoms with Crippen LogP contribution in [0.25, 0.3) is 0 Å². The van der Waals surface area contributed by atoms with E-state index in [2.05, 4.69) is 5.32 Å². The van der Waals surface area contributed by atoms with Crippen LogP contribution in [0.3, 0.4) is 0 Å². The Kier molecular flexibility index (Phi) is 3.36. The lowest BCUT2D eigenvalue weighted by molar-refractivity contribution is -0.192. The predicted octanol–water partition coefficient (Wildman–Crippen LogP) is 1.25. The molecule has 2 N–H and O–H groups in total. The Labute approximate surface area is 79.3 Å². The van der Waals surface area contributed by atoms with Crippen LogP contribution in [0.15, 0.2) is 0 Å². The highest BCUT2D eigenvalue weighted by Gasteiger charge is 2.38.